The second kappa shape index (κ2) is 7.12. The van der Waals surface area contributed by atoms with Crippen LogP contribution in [0, 0.1) is 13.8 Å². The number of benzene rings is 2. The lowest BCUT2D eigenvalue weighted by Gasteiger charge is -2.10. The van der Waals surface area contributed by atoms with Gasteiger partial charge in [0.05, 0.1) is 16.8 Å². The van der Waals surface area contributed by atoms with Gasteiger partial charge in [0, 0.05) is 17.8 Å². The topological polar surface area (TPSA) is 65.5 Å². The average Bonchev–Trinajstić information content (AvgIpc) is 3.01. The smallest absolute Gasteiger partial charge is 0.343 e. The van der Waals surface area contributed by atoms with Gasteiger partial charge in [-0.2, -0.15) is 0 Å². The van der Waals surface area contributed by atoms with Crippen molar-refractivity contribution in [2.75, 3.05) is 0 Å². The van der Waals surface area contributed by atoms with Crippen molar-refractivity contribution in [1.82, 2.24) is 4.98 Å². The average molecular weight is 371 g/mol. The predicted octanol–water partition coefficient (Wildman–Crippen LogP) is 4.53. The summed E-state index contributed by atoms with van der Waals surface area (Å²) in [7, 11) is 0. The van der Waals surface area contributed by atoms with E-state index in [1.54, 1.807) is 61.7 Å². The molecule has 1 aromatic heterocycles. The zero-order chi connectivity index (χ0) is 19.7. The molecule has 0 bridgehead atoms. The number of hydrogen-bond acceptors (Lipinski definition) is 5. The van der Waals surface area contributed by atoms with Gasteiger partial charge in [0.15, 0.2) is 5.76 Å². The Kier molecular flexibility index (Phi) is 4.49. The number of ketones is 1. The van der Waals surface area contributed by atoms with Gasteiger partial charge in [-0.15, -0.1) is 0 Å². The molecule has 0 amide bonds. The molecule has 0 atom stereocenters. The van der Waals surface area contributed by atoms with E-state index in [1.807, 2.05) is 19.1 Å². The molecule has 4 rings (SSSR count). The van der Waals surface area contributed by atoms with Crippen LogP contribution in [0.15, 0.2) is 66.6 Å². The number of nitrogens with zero attached hydrogens (tertiary/aromatic N) is 1. The number of allylic oxidation sites excluding steroid dienone is 1. The summed E-state index contributed by atoms with van der Waals surface area (Å²) in [5.74, 6) is 0.276. The molecule has 28 heavy (non-hydrogen) atoms. The first-order chi connectivity index (χ1) is 13.5. The summed E-state index contributed by atoms with van der Waals surface area (Å²) in [6.07, 6.45) is 3.24. The Morgan fingerprint density at radius 3 is 2.68 bits per heavy atom. The van der Waals surface area contributed by atoms with E-state index in [-0.39, 0.29) is 11.5 Å². The number of aryl methyl sites for hydroxylation is 1. The maximum atomic E-state index is 12.6. The Bertz CT molecular complexity index is 1120. The van der Waals surface area contributed by atoms with Gasteiger partial charge >= 0.3 is 5.97 Å². The minimum atomic E-state index is -0.458. The highest BCUT2D eigenvalue weighted by molar-refractivity contribution is 6.14. The van der Waals surface area contributed by atoms with Crippen LogP contribution in [0.25, 0.3) is 6.08 Å². The number of rotatable bonds is 3. The highest BCUT2D eigenvalue weighted by atomic mass is 16.5. The van der Waals surface area contributed by atoms with E-state index in [0.29, 0.717) is 33.9 Å². The van der Waals surface area contributed by atoms with Gasteiger partial charge in [-0.3, -0.25) is 9.78 Å². The molecule has 2 heterocycles. The van der Waals surface area contributed by atoms with Gasteiger partial charge in [-0.05, 0) is 50.2 Å². The monoisotopic (exact) mass is 371 g/mol. The molecule has 5 heteroatoms. The van der Waals surface area contributed by atoms with Crippen molar-refractivity contribution < 1.29 is 19.1 Å². The summed E-state index contributed by atoms with van der Waals surface area (Å²) in [4.78, 5) is 29.2. The van der Waals surface area contributed by atoms with Crippen LogP contribution < -0.4 is 9.47 Å². The predicted molar refractivity (Wildman–Crippen MR) is 104 cm³/mol. The minimum absolute atomic E-state index is 0.193. The van der Waals surface area contributed by atoms with Gasteiger partial charge < -0.3 is 9.47 Å². The van der Waals surface area contributed by atoms with Crippen LogP contribution in [-0.4, -0.2) is 16.7 Å². The molecule has 138 valence electrons. The maximum absolute atomic E-state index is 12.6. The zero-order valence-corrected chi connectivity index (χ0v) is 15.4. The molecule has 1 aliphatic rings. The van der Waals surface area contributed by atoms with Crippen LogP contribution in [0.4, 0.5) is 0 Å². The van der Waals surface area contributed by atoms with Crippen molar-refractivity contribution in [3.63, 3.8) is 0 Å². The van der Waals surface area contributed by atoms with Gasteiger partial charge in [-0.25, -0.2) is 4.79 Å². The molecule has 3 aromatic rings. The SMILES string of the molecule is Cc1cccc(C(=O)Oc2ccc3c(c2C)O/C(=C\c2ccccn2)C3=O)c1. The molecule has 0 radical (unpaired) electrons. The normalized spacial score (nSPS) is 13.9. The molecular formula is C23H17NO4. The van der Waals surface area contributed by atoms with Gasteiger partial charge in [0.25, 0.3) is 0 Å². The molecular weight excluding hydrogens is 354 g/mol. The Morgan fingerprint density at radius 2 is 1.93 bits per heavy atom. The van der Waals surface area contributed by atoms with Crippen molar-refractivity contribution in [3.05, 3.63) is 94.5 Å². The van der Waals surface area contributed by atoms with E-state index < -0.39 is 5.97 Å². The molecule has 0 unspecified atom stereocenters. The van der Waals surface area contributed by atoms with Crippen LogP contribution in [0.3, 0.4) is 0 Å². The van der Waals surface area contributed by atoms with Crippen LogP contribution in [-0.2, 0) is 0 Å². The maximum Gasteiger partial charge on any atom is 0.343 e. The first kappa shape index (κ1) is 17.7. The molecule has 0 saturated carbocycles. The number of carbonyl (C=O) groups is 2. The lowest BCUT2D eigenvalue weighted by atomic mass is 10.1. The summed E-state index contributed by atoms with van der Waals surface area (Å²) in [5.41, 5.74) is 3.10. The number of fused-ring (bicyclic) bond motifs is 1. The van der Waals surface area contributed by atoms with Crippen molar-refractivity contribution in [2.45, 2.75) is 13.8 Å². The number of carbonyl (C=O) groups excluding carboxylic acids is 2. The van der Waals surface area contributed by atoms with E-state index in [1.165, 1.54) is 0 Å². The minimum Gasteiger partial charge on any atom is -0.452 e. The highest BCUT2D eigenvalue weighted by Crippen LogP contribution is 2.39. The number of ether oxygens (including phenoxy) is 2. The number of pyridine rings is 1. The Labute approximate surface area is 162 Å². The van der Waals surface area contributed by atoms with Gasteiger partial charge in [0.1, 0.15) is 11.5 Å². The van der Waals surface area contributed by atoms with Crippen LogP contribution in [0.1, 0.15) is 37.5 Å². The number of esters is 1. The standard InChI is InChI=1S/C23H17NO4/c1-14-6-5-7-16(12-14)23(26)28-19-10-9-18-21(25)20(27-22(18)15(19)2)13-17-8-3-4-11-24-17/h3-13H,1-2H3/b20-13-. The first-order valence-corrected chi connectivity index (χ1v) is 8.80. The van der Waals surface area contributed by atoms with Crippen LogP contribution in [0.2, 0.25) is 0 Å². The Balaban J connectivity index is 1.62. The van der Waals surface area contributed by atoms with Gasteiger partial charge in [0.2, 0.25) is 5.78 Å². The Hall–Kier alpha value is -3.73. The fourth-order valence-electron chi connectivity index (χ4n) is 3.01. The fraction of sp³-hybridized carbons (Fsp3) is 0.0870. The van der Waals surface area contributed by atoms with Crippen LogP contribution in [0.5, 0.6) is 11.5 Å². The molecule has 2 aromatic carbocycles. The molecule has 0 N–H and O–H groups in total. The third kappa shape index (κ3) is 3.30. The second-order valence-corrected chi connectivity index (χ2v) is 6.52. The van der Waals surface area contributed by atoms with E-state index in [4.69, 9.17) is 9.47 Å². The quantitative estimate of drug-likeness (QED) is 0.384. The number of Topliss-reactive ketones (excluding diaryl/α,β-unsaturated/α-hetero) is 1. The number of hydrogen-bond donors (Lipinski definition) is 0. The summed E-state index contributed by atoms with van der Waals surface area (Å²) < 4.78 is 11.3. The summed E-state index contributed by atoms with van der Waals surface area (Å²) in [6, 6.07) is 15.8. The molecule has 0 spiro atoms. The van der Waals surface area contributed by atoms with Crippen molar-refractivity contribution in [2.24, 2.45) is 0 Å². The van der Waals surface area contributed by atoms with E-state index in [2.05, 4.69) is 4.98 Å². The van der Waals surface area contributed by atoms with Crippen molar-refractivity contribution in [3.8, 4) is 11.5 Å². The number of aromatic nitrogens is 1. The molecule has 1 aliphatic heterocycles. The molecule has 5 nitrogen and oxygen atoms in total. The van der Waals surface area contributed by atoms with Crippen LogP contribution >= 0.6 is 0 Å². The zero-order valence-electron chi connectivity index (χ0n) is 15.4. The summed E-state index contributed by atoms with van der Waals surface area (Å²) >= 11 is 0. The second-order valence-electron chi connectivity index (χ2n) is 6.52. The van der Waals surface area contributed by atoms with E-state index >= 15 is 0 Å². The Morgan fingerprint density at radius 1 is 1.07 bits per heavy atom. The highest BCUT2D eigenvalue weighted by Gasteiger charge is 2.30. The third-order valence-electron chi connectivity index (χ3n) is 4.46. The molecule has 0 aliphatic carbocycles. The lowest BCUT2D eigenvalue weighted by Crippen LogP contribution is -2.09. The third-order valence-corrected chi connectivity index (χ3v) is 4.46. The largest absolute Gasteiger partial charge is 0.452 e. The molecule has 0 fully saturated rings. The van der Waals surface area contributed by atoms with Crippen molar-refractivity contribution in [1.29, 1.82) is 0 Å². The first-order valence-electron chi connectivity index (χ1n) is 8.80. The fourth-order valence-corrected chi connectivity index (χ4v) is 3.01. The summed E-state index contributed by atoms with van der Waals surface area (Å²) in [6.45, 7) is 3.67. The lowest BCUT2D eigenvalue weighted by molar-refractivity contribution is 0.0733. The summed E-state index contributed by atoms with van der Waals surface area (Å²) in [5, 5.41) is 0. The molecule has 0 saturated heterocycles. The van der Waals surface area contributed by atoms with Gasteiger partial charge in [-0.1, -0.05) is 23.8 Å². The van der Waals surface area contributed by atoms with E-state index in [0.717, 1.165) is 5.56 Å². The van der Waals surface area contributed by atoms with Crippen molar-refractivity contribution >= 4 is 17.8 Å². The van der Waals surface area contributed by atoms with E-state index in [9.17, 15) is 9.59 Å².